The summed E-state index contributed by atoms with van der Waals surface area (Å²) in [5, 5.41) is 11.4. The van der Waals surface area contributed by atoms with Gasteiger partial charge >= 0.3 is 6.03 Å². The van der Waals surface area contributed by atoms with Crippen LogP contribution in [0.2, 0.25) is 0 Å². The highest BCUT2D eigenvalue weighted by Crippen LogP contribution is 2.35. The maximum absolute atomic E-state index is 13.9. The summed E-state index contributed by atoms with van der Waals surface area (Å²) >= 11 is 0. The molecule has 5 amide bonds. The van der Waals surface area contributed by atoms with E-state index >= 15 is 0 Å². The molecule has 216 valence electrons. The first kappa shape index (κ1) is 30.2. The normalized spacial score (nSPS) is 23.3. The first-order valence-corrected chi connectivity index (χ1v) is 14.1. The van der Waals surface area contributed by atoms with Gasteiger partial charge in [0.05, 0.1) is 13.2 Å². The Balaban J connectivity index is 1.67. The van der Waals surface area contributed by atoms with Gasteiger partial charge in [-0.1, -0.05) is 19.1 Å². The van der Waals surface area contributed by atoms with Crippen molar-refractivity contribution in [1.82, 2.24) is 26.2 Å². The van der Waals surface area contributed by atoms with Crippen molar-refractivity contribution in [3.8, 4) is 5.75 Å². The highest BCUT2D eigenvalue weighted by Gasteiger charge is 2.47. The van der Waals surface area contributed by atoms with Crippen LogP contribution < -0.4 is 31.7 Å². The number of rotatable bonds is 12. The lowest BCUT2D eigenvalue weighted by Crippen LogP contribution is -2.58. The standard InChI is InChI=1S/C28H44N6O5/c1-4-22(29)25(35)33-24-19(15-17-32-28(38)30-5-2)8-9-20-10-13-23(34(20)27(24)37)26(36)31-16-14-18-6-11-21(39-3)12-7-18/h6-7,11-12,19-20,22-24H,4-5,8-10,13-17,29H2,1-3H3,(H,31,36)(H,33,35)(H2,30,32,38)/t19-,20?,22+,23+,24?/m1/s1. The second-order valence-corrected chi connectivity index (χ2v) is 10.3. The van der Waals surface area contributed by atoms with E-state index in [0.29, 0.717) is 51.7 Å². The Hall–Kier alpha value is -3.34. The van der Waals surface area contributed by atoms with Crippen molar-refractivity contribution >= 4 is 23.8 Å². The summed E-state index contributed by atoms with van der Waals surface area (Å²) in [6.07, 6.45) is 4.39. The minimum atomic E-state index is -0.802. The van der Waals surface area contributed by atoms with Crippen LogP contribution in [0.3, 0.4) is 0 Å². The van der Waals surface area contributed by atoms with E-state index < -0.39 is 18.1 Å². The predicted molar refractivity (Wildman–Crippen MR) is 148 cm³/mol. The Morgan fingerprint density at radius 2 is 1.74 bits per heavy atom. The molecule has 0 spiro atoms. The summed E-state index contributed by atoms with van der Waals surface area (Å²) in [5.74, 6) is -0.206. The van der Waals surface area contributed by atoms with Crippen molar-refractivity contribution in [2.45, 2.75) is 83.0 Å². The van der Waals surface area contributed by atoms with Crippen LogP contribution in [-0.2, 0) is 20.8 Å². The molecule has 3 rings (SSSR count). The number of nitrogens with two attached hydrogens (primary N) is 1. The monoisotopic (exact) mass is 544 g/mol. The first-order valence-electron chi connectivity index (χ1n) is 14.1. The number of fused-ring (bicyclic) bond motifs is 1. The molecule has 11 nitrogen and oxygen atoms in total. The largest absolute Gasteiger partial charge is 0.497 e. The average Bonchev–Trinajstić information content (AvgIpc) is 3.32. The third-order valence-corrected chi connectivity index (χ3v) is 7.75. The van der Waals surface area contributed by atoms with Crippen LogP contribution in [0.4, 0.5) is 4.79 Å². The van der Waals surface area contributed by atoms with Crippen molar-refractivity contribution < 1.29 is 23.9 Å². The third kappa shape index (κ3) is 8.08. The average molecular weight is 545 g/mol. The van der Waals surface area contributed by atoms with Gasteiger partial charge in [0.15, 0.2) is 0 Å². The Kier molecular flexibility index (Phi) is 11.4. The number of ether oxygens (including phenoxy) is 1. The van der Waals surface area contributed by atoms with Gasteiger partial charge in [0, 0.05) is 25.7 Å². The fourth-order valence-electron chi connectivity index (χ4n) is 5.46. The minimum Gasteiger partial charge on any atom is -0.497 e. The lowest BCUT2D eigenvalue weighted by atomic mass is 9.90. The molecule has 2 saturated heterocycles. The summed E-state index contributed by atoms with van der Waals surface area (Å²) in [6, 6.07) is 5.27. The second kappa shape index (κ2) is 14.7. The molecule has 6 N–H and O–H groups in total. The molecule has 11 heteroatoms. The second-order valence-electron chi connectivity index (χ2n) is 10.3. The quantitative estimate of drug-likeness (QED) is 0.265. The van der Waals surface area contributed by atoms with Gasteiger partial charge in [0.2, 0.25) is 17.7 Å². The van der Waals surface area contributed by atoms with Crippen molar-refractivity contribution in [3.05, 3.63) is 29.8 Å². The predicted octanol–water partition coefficient (Wildman–Crippen LogP) is 1.05. The fourth-order valence-corrected chi connectivity index (χ4v) is 5.46. The van der Waals surface area contributed by atoms with E-state index in [2.05, 4.69) is 21.3 Å². The molecule has 2 aliphatic rings. The number of hydrogen-bond donors (Lipinski definition) is 5. The van der Waals surface area contributed by atoms with Gasteiger partial charge in [0.25, 0.3) is 0 Å². The topological polar surface area (TPSA) is 155 Å². The fraction of sp³-hybridized carbons (Fsp3) is 0.643. The van der Waals surface area contributed by atoms with Gasteiger partial charge < -0.3 is 36.6 Å². The van der Waals surface area contributed by atoms with E-state index in [-0.39, 0.29) is 35.7 Å². The SMILES string of the molecule is CCNC(=O)NCC[C@H]1CCC2CC[C@@H](C(=O)NCCc3ccc(OC)cc3)N2C(=O)C1NC(=O)[C@@H](N)CC. The zero-order valence-corrected chi connectivity index (χ0v) is 23.3. The van der Waals surface area contributed by atoms with Gasteiger partial charge in [-0.05, 0) is 75.5 Å². The van der Waals surface area contributed by atoms with Gasteiger partial charge in [-0.3, -0.25) is 14.4 Å². The number of nitrogens with zero attached hydrogens (tertiary/aromatic N) is 1. The van der Waals surface area contributed by atoms with E-state index in [1.165, 1.54) is 0 Å². The van der Waals surface area contributed by atoms with Crippen LogP contribution in [-0.4, -0.2) is 79.6 Å². The molecule has 5 atom stereocenters. The molecule has 0 aliphatic carbocycles. The van der Waals surface area contributed by atoms with Crippen molar-refractivity contribution in [3.63, 3.8) is 0 Å². The number of carbonyl (C=O) groups excluding carboxylic acids is 4. The van der Waals surface area contributed by atoms with Gasteiger partial charge in [-0.25, -0.2) is 4.79 Å². The molecule has 2 aliphatic heterocycles. The maximum atomic E-state index is 13.9. The zero-order chi connectivity index (χ0) is 28.4. The molecular formula is C28H44N6O5. The number of hydrogen-bond acceptors (Lipinski definition) is 6. The molecule has 1 aromatic rings. The smallest absolute Gasteiger partial charge is 0.314 e. The summed E-state index contributed by atoms with van der Waals surface area (Å²) in [7, 11) is 1.62. The Morgan fingerprint density at radius 1 is 1.03 bits per heavy atom. The lowest BCUT2D eigenvalue weighted by molar-refractivity contribution is -0.143. The highest BCUT2D eigenvalue weighted by atomic mass is 16.5. The number of amides is 5. The molecule has 0 radical (unpaired) electrons. The van der Waals surface area contributed by atoms with Crippen molar-refractivity contribution in [2.75, 3.05) is 26.7 Å². The van der Waals surface area contributed by atoms with Gasteiger partial charge in [-0.2, -0.15) is 0 Å². The Bertz CT molecular complexity index is 987. The molecule has 2 unspecified atom stereocenters. The maximum Gasteiger partial charge on any atom is 0.314 e. The van der Waals surface area contributed by atoms with Crippen LogP contribution in [0.1, 0.15) is 57.9 Å². The number of nitrogens with one attached hydrogen (secondary N) is 4. The summed E-state index contributed by atoms with van der Waals surface area (Å²) in [5.41, 5.74) is 7.04. The van der Waals surface area contributed by atoms with Gasteiger partial charge in [-0.15, -0.1) is 0 Å². The van der Waals surface area contributed by atoms with E-state index in [9.17, 15) is 19.2 Å². The lowest BCUT2D eigenvalue weighted by Gasteiger charge is -2.32. The summed E-state index contributed by atoms with van der Waals surface area (Å²) in [4.78, 5) is 53.5. The molecule has 0 aromatic heterocycles. The van der Waals surface area contributed by atoms with Crippen molar-refractivity contribution in [2.24, 2.45) is 11.7 Å². The van der Waals surface area contributed by atoms with E-state index in [4.69, 9.17) is 10.5 Å². The molecule has 0 bridgehead atoms. The molecule has 2 heterocycles. The highest BCUT2D eigenvalue weighted by molar-refractivity contribution is 5.94. The number of methoxy groups -OCH3 is 1. The number of carbonyl (C=O) groups is 4. The van der Waals surface area contributed by atoms with Crippen LogP contribution in [0, 0.1) is 5.92 Å². The van der Waals surface area contributed by atoms with Crippen molar-refractivity contribution in [1.29, 1.82) is 0 Å². The Morgan fingerprint density at radius 3 is 2.41 bits per heavy atom. The van der Waals surface area contributed by atoms with Gasteiger partial charge in [0.1, 0.15) is 17.8 Å². The molecule has 0 saturated carbocycles. The molecule has 39 heavy (non-hydrogen) atoms. The molecular weight excluding hydrogens is 500 g/mol. The van der Waals surface area contributed by atoms with E-state index in [1.54, 1.807) is 12.0 Å². The number of benzene rings is 1. The zero-order valence-electron chi connectivity index (χ0n) is 23.3. The minimum absolute atomic E-state index is 0.0598. The van der Waals surface area contributed by atoms with E-state index in [1.807, 2.05) is 38.1 Å². The number of urea groups is 1. The van der Waals surface area contributed by atoms with Crippen LogP contribution >= 0.6 is 0 Å². The molecule has 1 aromatic carbocycles. The Labute approximate surface area is 231 Å². The van der Waals surface area contributed by atoms with Crippen LogP contribution in [0.15, 0.2) is 24.3 Å². The first-order chi connectivity index (χ1) is 18.8. The van der Waals surface area contributed by atoms with E-state index in [0.717, 1.165) is 24.2 Å². The summed E-state index contributed by atoms with van der Waals surface area (Å²) < 4.78 is 5.19. The summed E-state index contributed by atoms with van der Waals surface area (Å²) in [6.45, 7) is 4.99. The molecule has 2 fully saturated rings. The van der Waals surface area contributed by atoms with Crippen LogP contribution in [0.5, 0.6) is 5.75 Å². The van der Waals surface area contributed by atoms with Crippen LogP contribution in [0.25, 0.3) is 0 Å². The third-order valence-electron chi connectivity index (χ3n) is 7.75.